The van der Waals surface area contributed by atoms with Crippen molar-refractivity contribution in [2.45, 2.75) is 12.8 Å². The zero-order chi connectivity index (χ0) is 13.8. The average Bonchev–Trinajstić information content (AvgIpc) is 2.46. The molecule has 96 valence electrons. The Morgan fingerprint density at radius 3 is 2.79 bits per heavy atom. The summed E-state index contributed by atoms with van der Waals surface area (Å²) in [6.45, 7) is 2.00. The molecule has 0 fully saturated rings. The van der Waals surface area contributed by atoms with Crippen LogP contribution in [0.25, 0.3) is 0 Å². The Labute approximate surface area is 118 Å². The Hall–Kier alpha value is -2.05. The molecule has 0 bridgehead atoms. The van der Waals surface area contributed by atoms with Crippen molar-refractivity contribution in [2.75, 3.05) is 11.9 Å². The van der Waals surface area contributed by atoms with Gasteiger partial charge in [0.2, 0.25) is 0 Å². The number of nitrogens with zero attached hydrogens (tertiary/aromatic N) is 3. The molecule has 0 aliphatic carbocycles. The fraction of sp³-hybridized carbons (Fsp3) is 0.200. The fourth-order valence-electron chi connectivity index (χ4n) is 1.96. The lowest BCUT2D eigenvalue weighted by Crippen LogP contribution is -2.13. The van der Waals surface area contributed by atoms with Crippen molar-refractivity contribution in [3.8, 4) is 6.07 Å². The Bertz CT molecular complexity index is 632. The third kappa shape index (κ3) is 2.86. The van der Waals surface area contributed by atoms with Gasteiger partial charge in [-0.1, -0.05) is 6.07 Å². The van der Waals surface area contributed by atoms with E-state index in [1.165, 1.54) is 0 Å². The number of hydrogen-bond acceptors (Lipinski definition) is 3. The summed E-state index contributed by atoms with van der Waals surface area (Å²) in [7, 11) is 1.94. The largest absolute Gasteiger partial charge is 0.329 e. The second kappa shape index (κ2) is 5.73. The van der Waals surface area contributed by atoms with Crippen molar-refractivity contribution in [3.63, 3.8) is 0 Å². The van der Waals surface area contributed by atoms with E-state index in [1.807, 2.05) is 43.1 Å². The van der Waals surface area contributed by atoms with E-state index in [0.29, 0.717) is 11.4 Å². The Morgan fingerprint density at radius 2 is 2.16 bits per heavy atom. The SMILES string of the molecule is Cc1cc(CCl)cnc1N(C)c1cccc(C#N)c1. The molecule has 1 heterocycles. The Kier molecular flexibility index (Phi) is 4.03. The standard InChI is InChI=1S/C15H14ClN3/c1-11-6-13(8-16)10-18-15(11)19(2)14-5-3-4-12(7-14)9-17/h3-7,10H,8H2,1-2H3. The van der Waals surface area contributed by atoms with Gasteiger partial charge in [-0.2, -0.15) is 5.26 Å². The first-order valence-electron chi connectivity index (χ1n) is 5.91. The zero-order valence-corrected chi connectivity index (χ0v) is 11.6. The first-order valence-corrected chi connectivity index (χ1v) is 6.44. The highest BCUT2D eigenvalue weighted by Gasteiger charge is 2.09. The van der Waals surface area contributed by atoms with Crippen LogP contribution in [0.4, 0.5) is 11.5 Å². The molecule has 3 nitrogen and oxygen atoms in total. The van der Waals surface area contributed by atoms with Gasteiger partial charge in [-0.05, 0) is 42.3 Å². The van der Waals surface area contributed by atoms with Gasteiger partial charge in [-0.15, -0.1) is 11.6 Å². The second-order valence-corrected chi connectivity index (χ2v) is 4.61. The average molecular weight is 272 g/mol. The molecule has 0 unspecified atom stereocenters. The van der Waals surface area contributed by atoms with Crippen molar-refractivity contribution < 1.29 is 0 Å². The summed E-state index contributed by atoms with van der Waals surface area (Å²) in [5.41, 5.74) is 3.64. The normalized spacial score (nSPS) is 10.0. The molecule has 19 heavy (non-hydrogen) atoms. The number of pyridine rings is 1. The van der Waals surface area contributed by atoms with E-state index < -0.39 is 0 Å². The molecule has 1 aromatic heterocycles. The molecule has 0 atom stereocenters. The lowest BCUT2D eigenvalue weighted by molar-refractivity contribution is 1.08. The smallest absolute Gasteiger partial charge is 0.135 e. The summed E-state index contributed by atoms with van der Waals surface area (Å²) in [4.78, 5) is 6.41. The summed E-state index contributed by atoms with van der Waals surface area (Å²) in [5, 5.41) is 8.94. The number of hydrogen-bond donors (Lipinski definition) is 0. The van der Waals surface area contributed by atoms with Crippen LogP contribution in [0.2, 0.25) is 0 Å². The number of aromatic nitrogens is 1. The lowest BCUT2D eigenvalue weighted by Gasteiger charge is -2.20. The third-order valence-corrected chi connectivity index (χ3v) is 3.25. The fourth-order valence-corrected chi connectivity index (χ4v) is 2.10. The van der Waals surface area contributed by atoms with E-state index in [2.05, 4.69) is 11.1 Å². The van der Waals surface area contributed by atoms with Crippen LogP contribution in [0.15, 0.2) is 36.5 Å². The highest BCUT2D eigenvalue weighted by atomic mass is 35.5. The number of halogens is 1. The van der Waals surface area contributed by atoms with Gasteiger partial charge in [-0.25, -0.2) is 4.98 Å². The van der Waals surface area contributed by atoms with Gasteiger partial charge in [0, 0.05) is 24.8 Å². The monoisotopic (exact) mass is 271 g/mol. The van der Waals surface area contributed by atoms with Crippen LogP contribution < -0.4 is 4.90 Å². The molecule has 2 rings (SSSR count). The number of alkyl halides is 1. The maximum Gasteiger partial charge on any atom is 0.135 e. The third-order valence-electron chi connectivity index (χ3n) is 2.94. The van der Waals surface area contributed by atoms with E-state index >= 15 is 0 Å². The van der Waals surface area contributed by atoms with Gasteiger partial charge < -0.3 is 4.90 Å². The second-order valence-electron chi connectivity index (χ2n) is 4.34. The van der Waals surface area contributed by atoms with Crippen molar-refractivity contribution in [2.24, 2.45) is 0 Å². The van der Waals surface area contributed by atoms with Crippen LogP contribution in [-0.4, -0.2) is 12.0 Å². The summed E-state index contributed by atoms with van der Waals surface area (Å²) in [6.07, 6.45) is 1.78. The molecular weight excluding hydrogens is 258 g/mol. The van der Waals surface area contributed by atoms with Gasteiger partial charge in [-0.3, -0.25) is 0 Å². The molecule has 0 radical (unpaired) electrons. The molecule has 0 saturated carbocycles. The molecule has 2 aromatic rings. The zero-order valence-electron chi connectivity index (χ0n) is 10.9. The minimum absolute atomic E-state index is 0.460. The molecule has 0 aliphatic rings. The van der Waals surface area contributed by atoms with Gasteiger partial charge in [0.25, 0.3) is 0 Å². The van der Waals surface area contributed by atoms with Crippen molar-refractivity contribution in [3.05, 3.63) is 53.2 Å². The summed E-state index contributed by atoms with van der Waals surface area (Å²) in [5.74, 6) is 1.32. The molecule has 0 saturated heterocycles. The van der Waals surface area contributed by atoms with Gasteiger partial charge in [0.15, 0.2) is 0 Å². The molecule has 0 N–H and O–H groups in total. The molecule has 0 aliphatic heterocycles. The maximum absolute atomic E-state index is 8.94. The minimum atomic E-state index is 0.460. The van der Waals surface area contributed by atoms with Crippen molar-refractivity contribution >= 4 is 23.1 Å². The highest BCUT2D eigenvalue weighted by Crippen LogP contribution is 2.25. The predicted octanol–water partition coefficient (Wildman–Crippen LogP) is 3.77. The van der Waals surface area contributed by atoms with E-state index in [4.69, 9.17) is 16.9 Å². The van der Waals surface area contributed by atoms with E-state index in [9.17, 15) is 0 Å². The van der Waals surface area contributed by atoms with E-state index in [-0.39, 0.29) is 0 Å². The summed E-state index contributed by atoms with van der Waals surface area (Å²) in [6, 6.07) is 11.6. The number of benzene rings is 1. The quantitative estimate of drug-likeness (QED) is 0.798. The number of rotatable bonds is 3. The van der Waals surface area contributed by atoms with Crippen molar-refractivity contribution in [1.82, 2.24) is 4.98 Å². The van der Waals surface area contributed by atoms with E-state index in [0.717, 1.165) is 22.6 Å². The first-order chi connectivity index (χ1) is 9.15. The Morgan fingerprint density at radius 1 is 1.37 bits per heavy atom. The van der Waals surface area contributed by atoms with Crippen molar-refractivity contribution in [1.29, 1.82) is 5.26 Å². The molecule has 4 heteroatoms. The van der Waals surface area contributed by atoms with Crippen LogP contribution in [0.1, 0.15) is 16.7 Å². The first kappa shape index (κ1) is 13.4. The van der Waals surface area contributed by atoms with Gasteiger partial charge >= 0.3 is 0 Å². The van der Waals surface area contributed by atoms with E-state index in [1.54, 1.807) is 12.3 Å². The van der Waals surface area contributed by atoms with Crippen LogP contribution in [0.3, 0.4) is 0 Å². The van der Waals surface area contributed by atoms with Gasteiger partial charge in [0.1, 0.15) is 5.82 Å². The number of aryl methyl sites for hydroxylation is 1. The maximum atomic E-state index is 8.94. The summed E-state index contributed by atoms with van der Waals surface area (Å²) >= 11 is 5.80. The number of nitriles is 1. The van der Waals surface area contributed by atoms with Crippen LogP contribution in [0, 0.1) is 18.3 Å². The van der Waals surface area contributed by atoms with Crippen LogP contribution in [-0.2, 0) is 5.88 Å². The molecule has 0 amide bonds. The lowest BCUT2D eigenvalue weighted by atomic mass is 10.1. The molecular formula is C15H14ClN3. The van der Waals surface area contributed by atoms with Crippen LogP contribution in [0.5, 0.6) is 0 Å². The minimum Gasteiger partial charge on any atom is -0.329 e. The molecule has 1 aromatic carbocycles. The topological polar surface area (TPSA) is 39.9 Å². The number of anilines is 2. The highest BCUT2D eigenvalue weighted by molar-refractivity contribution is 6.17. The van der Waals surface area contributed by atoms with Gasteiger partial charge in [0.05, 0.1) is 11.6 Å². The Balaban J connectivity index is 2.38. The summed E-state index contributed by atoms with van der Waals surface area (Å²) < 4.78 is 0. The van der Waals surface area contributed by atoms with Crippen LogP contribution >= 0.6 is 11.6 Å². The molecule has 0 spiro atoms. The predicted molar refractivity (Wildman–Crippen MR) is 77.8 cm³/mol.